The van der Waals surface area contributed by atoms with Crippen molar-refractivity contribution in [1.82, 2.24) is 9.97 Å². The predicted molar refractivity (Wildman–Crippen MR) is 76.7 cm³/mol. The topological polar surface area (TPSA) is 84.1 Å². The number of benzene rings is 1. The first-order valence-corrected chi connectivity index (χ1v) is 6.56. The standard InChI is InChI=1S/C14H17N3O3/c1-2-20-8-4-7-12(18)17-11-6-3-5-10-13(11)14(19)16-9-15-10/h3,5-6,9H,2,4,7-8H2,1H3,(H,17,18)(H,15,16,19). The minimum atomic E-state index is -0.264. The number of aromatic nitrogens is 2. The van der Waals surface area contributed by atoms with Crippen molar-refractivity contribution in [3.8, 4) is 0 Å². The van der Waals surface area contributed by atoms with Crippen LogP contribution in [0.25, 0.3) is 10.9 Å². The molecule has 0 saturated heterocycles. The van der Waals surface area contributed by atoms with Crippen molar-refractivity contribution >= 4 is 22.5 Å². The van der Waals surface area contributed by atoms with Gasteiger partial charge in [-0.3, -0.25) is 9.59 Å². The Hall–Kier alpha value is -2.21. The Morgan fingerprint density at radius 3 is 3.10 bits per heavy atom. The molecule has 20 heavy (non-hydrogen) atoms. The average molecular weight is 275 g/mol. The predicted octanol–water partition coefficient (Wildman–Crippen LogP) is 1.68. The summed E-state index contributed by atoms with van der Waals surface area (Å²) in [5.74, 6) is -0.138. The van der Waals surface area contributed by atoms with E-state index in [2.05, 4.69) is 15.3 Å². The van der Waals surface area contributed by atoms with Crippen LogP contribution in [0.4, 0.5) is 5.69 Å². The van der Waals surface area contributed by atoms with Crippen LogP contribution in [-0.2, 0) is 9.53 Å². The van der Waals surface area contributed by atoms with Crippen LogP contribution in [0.3, 0.4) is 0 Å². The lowest BCUT2D eigenvalue weighted by atomic mass is 10.2. The fourth-order valence-electron chi connectivity index (χ4n) is 1.91. The molecule has 6 nitrogen and oxygen atoms in total. The van der Waals surface area contributed by atoms with Gasteiger partial charge in [-0.1, -0.05) is 6.07 Å². The second kappa shape index (κ2) is 6.81. The van der Waals surface area contributed by atoms with Crippen LogP contribution >= 0.6 is 0 Å². The first-order chi connectivity index (χ1) is 9.72. The lowest BCUT2D eigenvalue weighted by Gasteiger charge is -2.07. The van der Waals surface area contributed by atoms with Gasteiger partial charge in [-0.25, -0.2) is 4.98 Å². The molecule has 0 aliphatic heterocycles. The molecule has 0 radical (unpaired) electrons. The number of amides is 1. The van der Waals surface area contributed by atoms with E-state index in [0.29, 0.717) is 42.6 Å². The summed E-state index contributed by atoms with van der Waals surface area (Å²) in [5.41, 5.74) is 0.777. The van der Waals surface area contributed by atoms with Crippen molar-refractivity contribution in [2.45, 2.75) is 19.8 Å². The normalized spacial score (nSPS) is 10.7. The monoisotopic (exact) mass is 275 g/mol. The minimum absolute atomic E-state index is 0.138. The zero-order valence-corrected chi connectivity index (χ0v) is 11.3. The van der Waals surface area contributed by atoms with Crippen molar-refractivity contribution in [1.29, 1.82) is 0 Å². The highest BCUT2D eigenvalue weighted by Crippen LogP contribution is 2.17. The van der Waals surface area contributed by atoms with Gasteiger partial charge >= 0.3 is 0 Å². The second-order valence-electron chi connectivity index (χ2n) is 4.28. The number of anilines is 1. The maximum Gasteiger partial charge on any atom is 0.260 e. The molecular formula is C14H17N3O3. The van der Waals surface area contributed by atoms with Crippen molar-refractivity contribution < 1.29 is 9.53 Å². The van der Waals surface area contributed by atoms with E-state index in [0.717, 1.165) is 0 Å². The summed E-state index contributed by atoms with van der Waals surface area (Å²) in [6.45, 7) is 3.11. The number of aromatic amines is 1. The molecule has 1 amide bonds. The third-order valence-corrected chi connectivity index (χ3v) is 2.84. The van der Waals surface area contributed by atoms with Gasteiger partial charge in [-0.05, 0) is 25.5 Å². The van der Waals surface area contributed by atoms with E-state index in [9.17, 15) is 9.59 Å². The van der Waals surface area contributed by atoms with Crippen LogP contribution in [0.1, 0.15) is 19.8 Å². The SMILES string of the molecule is CCOCCCC(=O)Nc1cccc2nc[nH]c(=O)c12. The first kappa shape index (κ1) is 14.2. The van der Waals surface area contributed by atoms with Crippen molar-refractivity contribution in [3.63, 3.8) is 0 Å². The van der Waals surface area contributed by atoms with Gasteiger partial charge in [-0.15, -0.1) is 0 Å². The van der Waals surface area contributed by atoms with E-state index in [4.69, 9.17) is 4.74 Å². The number of rotatable bonds is 6. The smallest absolute Gasteiger partial charge is 0.260 e. The van der Waals surface area contributed by atoms with Gasteiger partial charge in [0.1, 0.15) is 0 Å². The Kier molecular flexibility index (Phi) is 4.84. The van der Waals surface area contributed by atoms with Crippen LogP contribution in [0.2, 0.25) is 0 Å². The third kappa shape index (κ3) is 3.42. The van der Waals surface area contributed by atoms with Gasteiger partial charge in [0.05, 0.1) is 22.9 Å². The summed E-state index contributed by atoms with van der Waals surface area (Å²) in [6, 6.07) is 5.18. The molecule has 0 aliphatic rings. The van der Waals surface area contributed by atoms with Crippen LogP contribution in [0.5, 0.6) is 0 Å². The van der Waals surface area contributed by atoms with Gasteiger partial charge in [0.25, 0.3) is 5.56 Å². The number of nitrogens with zero attached hydrogens (tertiary/aromatic N) is 1. The molecule has 0 bridgehead atoms. The highest BCUT2D eigenvalue weighted by Gasteiger charge is 2.08. The van der Waals surface area contributed by atoms with Crippen molar-refractivity contribution in [3.05, 3.63) is 34.9 Å². The molecule has 6 heteroatoms. The maximum atomic E-state index is 11.8. The van der Waals surface area contributed by atoms with Gasteiger partial charge in [0.15, 0.2) is 0 Å². The van der Waals surface area contributed by atoms with E-state index < -0.39 is 0 Å². The maximum absolute atomic E-state index is 11.8. The fourth-order valence-corrected chi connectivity index (χ4v) is 1.91. The number of nitrogens with one attached hydrogen (secondary N) is 2. The van der Waals surface area contributed by atoms with Crippen LogP contribution in [0.15, 0.2) is 29.3 Å². The molecular weight excluding hydrogens is 258 g/mol. The summed E-state index contributed by atoms with van der Waals surface area (Å²) < 4.78 is 5.18. The Balaban J connectivity index is 2.10. The van der Waals surface area contributed by atoms with E-state index in [1.54, 1.807) is 18.2 Å². The van der Waals surface area contributed by atoms with Crippen LogP contribution in [0, 0.1) is 0 Å². The Bertz CT molecular complexity index is 646. The molecule has 0 unspecified atom stereocenters. The van der Waals surface area contributed by atoms with E-state index >= 15 is 0 Å². The average Bonchev–Trinajstić information content (AvgIpc) is 2.44. The molecule has 1 heterocycles. The highest BCUT2D eigenvalue weighted by molar-refractivity contribution is 6.00. The highest BCUT2D eigenvalue weighted by atomic mass is 16.5. The summed E-state index contributed by atoms with van der Waals surface area (Å²) in [4.78, 5) is 30.2. The van der Waals surface area contributed by atoms with Crippen molar-refractivity contribution in [2.24, 2.45) is 0 Å². The number of carbonyl (C=O) groups excluding carboxylic acids is 1. The van der Waals surface area contributed by atoms with Gasteiger partial charge < -0.3 is 15.0 Å². The first-order valence-electron chi connectivity index (χ1n) is 6.56. The fraction of sp³-hybridized carbons (Fsp3) is 0.357. The quantitative estimate of drug-likeness (QED) is 0.785. The number of hydrogen-bond donors (Lipinski definition) is 2. The van der Waals surface area contributed by atoms with E-state index in [1.165, 1.54) is 6.33 Å². The molecule has 106 valence electrons. The molecule has 1 aromatic carbocycles. The van der Waals surface area contributed by atoms with Gasteiger partial charge in [0, 0.05) is 19.6 Å². The minimum Gasteiger partial charge on any atom is -0.382 e. The van der Waals surface area contributed by atoms with Gasteiger partial charge in [-0.2, -0.15) is 0 Å². The van der Waals surface area contributed by atoms with E-state index in [-0.39, 0.29) is 11.5 Å². The molecule has 0 fully saturated rings. The Morgan fingerprint density at radius 2 is 2.30 bits per heavy atom. The molecule has 2 aromatic rings. The number of hydrogen-bond acceptors (Lipinski definition) is 4. The number of carbonyl (C=O) groups is 1. The van der Waals surface area contributed by atoms with Crippen LogP contribution < -0.4 is 10.9 Å². The Labute approximate surface area is 116 Å². The Morgan fingerprint density at radius 1 is 1.45 bits per heavy atom. The number of ether oxygens (including phenoxy) is 1. The van der Waals surface area contributed by atoms with Crippen molar-refractivity contribution in [2.75, 3.05) is 18.5 Å². The summed E-state index contributed by atoms with van der Waals surface area (Å²) in [7, 11) is 0. The largest absolute Gasteiger partial charge is 0.382 e. The molecule has 0 spiro atoms. The molecule has 0 atom stereocenters. The number of H-pyrrole nitrogens is 1. The molecule has 0 aliphatic carbocycles. The molecule has 2 rings (SSSR count). The number of fused-ring (bicyclic) bond motifs is 1. The van der Waals surface area contributed by atoms with Crippen LogP contribution in [-0.4, -0.2) is 29.1 Å². The van der Waals surface area contributed by atoms with E-state index in [1.807, 2.05) is 6.92 Å². The molecule has 0 saturated carbocycles. The lowest BCUT2D eigenvalue weighted by molar-refractivity contribution is -0.116. The zero-order chi connectivity index (χ0) is 14.4. The summed E-state index contributed by atoms with van der Waals surface area (Å²) in [6.07, 6.45) is 2.35. The third-order valence-electron chi connectivity index (χ3n) is 2.84. The lowest BCUT2D eigenvalue weighted by Crippen LogP contribution is -2.15. The second-order valence-corrected chi connectivity index (χ2v) is 4.28. The van der Waals surface area contributed by atoms with Gasteiger partial charge in [0.2, 0.25) is 5.91 Å². The molecule has 1 aromatic heterocycles. The summed E-state index contributed by atoms with van der Waals surface area (Å²) in [5, 5.41) is 3.14. The summed E-state index contributed by atoms with van der Waals surface area (Å²) >= 11 is 0. The molecule has 2 N–H and O–H groups in total. The zero-order valence-electron chi connectivity index (χ0n) is 11.3.